The minimum Gasteiger partial charge on any atom is -0.495 e. The number of para-hydroxylation sites is 3. The summed E-state index contributed by atoms with van der Waals surface area (Å²) in [5.74, 6) is 0.802. The number of fused-ring (bicyclic) bond motifs is 1. The number of methoxy groups -OCH3 is 1. The molecule has 0 saturated heterocycles. The third kappa shape index (κ3) is 2.55. The van der Waals surface area contributed by atoms with Gasteiger partial charge in [0.15, 0.2) is 5.13 Å². The smallest absolute Gasteiger partial charge is 0.187 e. The molecule has 114 valence electrons. The summed E-state index contributed by atoms with van der Waals surface area (Å²) in [6.07, 6.45) is 2.01. The van der Waals surface area contributed by atoms with Crippen molar-refractivity contribution in [1.29, 1.82) is 0 Å². The van der Waals surface area contributed by atoms with E-state index in [1.165, 1.54) is 5.39 Å². The van der Waals surface area contributed by atoms with E-state index in [1.54, 1.807) is 18.4 Å². The van der Waals surface area contributed by atoms with Gasteiger partial charge in [-0.25, -0.2) is 4.98 Å². The molecule has 0 aliphatic rings. The van der Waals surface area contributed by atoms with Gasteiger partial charge in [-0.05, 0) is 18.2 Å². The second kappa shape index (κ2) is 5.78. The second-order valence-corrected chi connectivity index (χ2v) is 5.97. The summed E-state index contributed by atoms with van der Waals surface area (Å²) in [5.41, 5.74) is 4.11. The molecule has 5 heteroatoms. The van der Waals surface area contributed by atoms with E-state index in [9.17, 15) is 0 Å². The molecule has 4 aromatic rings. The highest BCUT2D eigenvalue weighted by molar-refractivity contribution is 7.14. The molecule has 2 aromatic carbocycles. The van der Waals surface area contributed by atoms with Crippen molar-refractivity contribution in [3.63, 3.8) is 0 Å². The minimum atomic E-state index is 0.802. The van der Waals surface area contributed by atoms with Crippen molar-refractivity contribution < 1.29 is 4.74 Å². The van der Waals surface area contributed by atoms with E-state index in [-0.39, 0.29) is 0 Å². The summed E-state index contributed by atoms with van der Waals surface area (Å²) >= 11 is 1.58. The van der Waals surface area contributed by atoms with Crippen LogP contribution in [-0.2, 0) is 0 Å². The Morgan fingerprint density at radius 1 is 1.09 bits per heavy atom. The van der Waals surface area contributed by atoms with Crippen LogP contribution in [-0.4, -0.2) is 17.1 Å². The Kier molecular flexibility index (Phi) is 3.48. The van der Waals surface area contributed by atoms with Crippen LogP contribution in [0.25, 0.3) is 22.2 Å². The quantitative estimate of drug-likeness (QED) is 0.553. The molecule has 4 rings (SSSR count). The summed E-state index contributed by atoms with van der Waals surface area (Å²) in [4.78, 5) is 7.99. The fourth-order valence-electron chi connectivity index (χ4n) is 2.60. The summed E-state index contributed by atoms with van der Waals surface area (Å²) < 4.78 is 5.36. The number of nitrogens with one attached hydrogen (secondary N) is 2. The Labute approximate surface area is 137 Å². The average molecular weight is 321 g/mol. The van der Waals surface area contributed by atoms with E-state index in [1.807, 2.05) is 42.6 Å². The number of nitrogens with zero attached hydrogens (tertiary/aromatic N) is 1. The number of thiazole rings is 1. The molecular weight excluding hydrogens is 306 g/mol. The third-order valence-corrected chi connectivity index (χ3v) is 4.48. The maximum atomic E-state index is 5.36. The van der Waals surface area contributed by atoms with Crippen LogP contribution < -0.4 is 10.1 Å². The zero-order chi connectivity index (χ0) is 15.6. The molecule has 0 saturated carbocycles. The molecule has 2 N–H and O–H groups in total. The van der Waals surface area contributed by atoms with E-state index in [0.29, 0.717) is 0 Å². The number of benzene rings is 2. The lowest BCUT2D eigenvalue weighted by molar-refractivity contribution is 0.417. The second-order valence-electron chi connectivity index (χ2n) is 5.11. The molecular formula is C18H15N3OS. The fourth-order valence-corrected chi connectivity index (χ4v) is 3.32. The average Bonchev–Trinajstić information content (AvgIpc) is 3.22. The first-order chi connectivity index (χ1) is 11.3. The predicted octanol–water partition coefficient (Wildman–Crippen LogP) is 5.04. The first-order valence-electron chi connectivity index (χ1n) is 7.27. The van der Waals surface area contributed by atoms with Gasteiger partial charge in [-0.1, -0.05) is 30.3 Å². The monoisotopic (exact) mass is 321 g/mol. The lowest BCUT2D eigenvalue weighted by Gasteiger charge is -2.07. The first kappa shape index (κ1) is 13.8. The van der Waals surface area contributed by atoms with Crippen LogP contribution in [0.15, 0.2) is 60.1 Å². The molecule has 23 heavy (non-hydrogen) atoms. The number of hydrogen-bond donors (Lipinski definition) is 2. The molecule has 2 aromatic heterocycles. The molecule has 0 amide bonds. The Balaban J connectivity index is 1.67. The number of rotatable bonds is 4. The Bertz CT molecular complexity index is 957. The fraction of sp³-hybridized carbons (Fsp3) is 0.0556. The van der Waals surface area contributed by atoms with E-state index >= 15 is 0 Å². The number of hydrogen-bond acceptors (Lipinski definition) is 4. The van der Waals surface area contributed by atoms with Crippen molar-refractivity contribution in [2.45, 2.75) is 0 Å². The van der Waals surface area contributed by atoms with Crippen molar-refractivity contribution in [3.05, 3.63) is 60.1 Å². The molecule has 0 unspecified atom stereocenters. The van der Waals surface area contributed by atoms with Gasteiger partial charge in [0.05, 0.1) is 18.5 Å². The van der Waals surface area contributed by atoms with E-state index in [2.05, 4.69) is 27.8 Å². The first-order valence-corrected chi connectivity index (χ1v) is 8.15. The highest BCUT2D eigenvalue weighted by atomic mass is 32.1. The molecule has 0 bridgehead atoms. The van der Waals surface area contributed by atoms with E-state index in [4.69, 9.17) is 9.72 Å². The molecule has 0 spiro atoms. The van der Waals surface area contributed by atoms with Crippen LogP contribution in [0, 0.1) is 0 Å². The summed E-state index contributed by atoms with van der Waals surface area (Å²) in [5, 5.41) is 7.41. The highest BCUT2D eigenvalue weighted by Crippen LogP contribution is 2.33. The van der Waals surface area contributed by atoms with Gasteiger partial charge in [-0.3, -0.25) is 0 Å². The number of anilines is 2. The van der Waals surface area contributed by atoms with Crippen molar-refractivity contribution in [2.75, 3.05) is 12.4 Å². The standard InChI is InChI=1S/C18H15N3OS/c1-22-17-9-5-4-8-15(17)20-18-21-16(11-23-18)13-10-19-14-7-3-2-6-12(13)14/h2-11,19H,1H3,(H,20,21). The number of H-pyrrole nitrogens is 1. The van der Waals surface area contributed by atoms with Crippen LogP contribution >= 0.6 is 11.3 Å². The topological polar surface area (TPSA) is 49.9 Å². The van der Waals surface area contributed by atoms with Gasteiger partial charge in [0.1, 0.15) is 5.75 Å². The van der Waals surface area contributed by atoms with Crippen LogP contribution in [0.5, 0.6) is 5.75 Å². The molecule has 0 atom stereocenters. The maximum absolute atomic E-state index is 5.36. The summed E-state index contributed by atoms with van der Waals surface area (Å²) in [6.45, 7) is 0. The van der Waals surface area contributed by atoms with Crippen LogP contribution in [0.4, 0.5) is 10.8 Å². The van der Waals surface area contributed by atoms with Crippen molar-refractivity contribution in [1.82, 2.24) is 9.97 Å². The zero-order valence-electron chi connectivity index (χ0n) is 12.5. The van der Waals surface area contributed by atoms with Crippen molar-refractivity contribution >= 4 is 33.1 Å². The Hall–Kier alpha value is -2.79. The lowest BCUT2D eigenvalue weighted by Crippen LogP contribution is -1.93. The van der Waals surface area contributed by atoms with Gasteiger partial charge >= 0.3 is 0 Å². The van der Waals surface area contributed by atoms with Gasteiger partial charge < -0.3 is 15.0 Å². The lowest BCUT2D eigenvalue weighted by atomic mass is 10.1. The Morgan fingerprint density at radius 3 is 2.83 bits per heavy atom. The molecule has 0 aliphatic heterocycles. The van der Waals surface area contributed by atoms with Crippen LogP contribution in [0.2, 0.25) is 0 Å². The largest absolute Gasteiger partial charge is 0.495 e. The Morgan fingerprint density at radius 2 is 1.91 bits per heavy atom. The minimum absolute atomic E-state index is 0.802. The van der Waals surface area contributed by atoms with Crippen LogP contribution in [0.3, 0.4) is 0 Å². The molecule has 2 heterocycles. The van der Waals surface area contributed by atoms with Crippen molar-refractivity contribution in [3.8, 4) is 17.0 Å². The van der Waals surface area contributed by atoms with Gasteiger partial charge in [0, 0.05) is 28.0 Å². The number of ether oxygens (including phenoxy) is 1. The SMILES string of the molecule is COc1ccccc1Nc1nc(-c2c[nH]c3ccccc23)cs1. The molecule has 0 fully saturated rings. The van der Waals surface area contributed by atoms with Gasteiger partial charge in [0.25, 0.3) is 0 Å². The normalized spacial score (nSPS) is 10.8. The highest BCUT2D eigenvalue weighted by Gasteiger charge is 2.10. The van der Waals surface area contributed by atoms with Gasteiger partial charge in [-0.2, -0.15) is 0 Å². The van der Waals surface area contributed by atoms with E-state index in [0.717, 1.165) is 33.3 Å². The summed E-state index contributed by atoms with van der Waals surface area (Å²) in [6, 6.07) is 16.1. The van der Waals surface area contributed by atoms with Gasteiger partial charge in [0.2, 0.25) is 0 Å². The molecule has 0 radical (unpaired) electrons. The predicted molar refractivity (Wildman–Crippen MR) is 95.7 cm³/mol. The van der Waals surface area contributed by atoms with Gasteiger partial charge in [-0.15, -0.1) is 11.3 Å². The molecule has 0 aliphatic carbocycles. The number of aromatic nitrogens is 2. The van der Waals surface area contributed by atoms with Crippen LogP contribution in [0.1, 0.15) is 0 Å². The summed E-state index contributed by atoms with van der Waals surface area (Å²) in [7, 11) is 1.67. The zero-order valence-corrected chi connectivity index (χ0v) is 13.4. The third-order valence-electron chi connectivity index (χ3n) is 3.72. The molecule has 4 nitrogen and oxygen atoms in total. The van der Waals surface area contributed by atoms with Crippen molar-refractivity contribution in [2.24, 2.45) is 0 Å². The maximum Gasteiger partial charge on any atom is 0.187 e. The number of aromatic amines is 1. The van der Waals surface area contributed by atoms with E-state index < -0.39 is 0 Å².